The Morgan fingerprint density at radius 1 is 1.15 bits per heavy atom. The van der Waals surface area contributed by atoms with E-state index in [1.165, 1.54) is 18.3 Å². The quantitative estimate of drug-likeness (QED) is 0.385. The largest absolute Gasteiger partial charge is 0.505 e. The molecule has 0 atom stereocenters. The first-order chi connectivity index (χ1) is 12.9. The number of phenols is 1. The van der Waals surface area contributed by atoms with Crippen LogP contribution in [0, 0.1) is 0 Å². The number of carbonyl (C=O) groups is 2. The van der Waals surface area contributed by atoms with Gasteiger partial charge in [-0.25, -0.2) is 5.43 Å². The summed E-state index contributed by atoms with van der Waals surface area (Å²) in [5.41, 5.74) is 2.97. The fourth-order valence-corrected chi connectivity index (χ4v) is 2.42. The van der Waals surface area contributed by atoms with Crippen LogP contribution in [-0.2, 0) is 9.59 Å². The van der Waals surface area contributed by atoms with Crippen LogP contribution < -0.4 is 15.5 Å². The highest BCUT2D eigenvalue weighted by atomic mass is 35.5. The van der Waals surface area contributed by atoms with Gasteiger partial charge in [0.15, 0.2) is 5.75 Å². The highest BCUT2D eigenvalue weighted by Gasteiger charge is 2.13. The Morgan fingerprint density at radius 2 is 1.78 bits per heavy atom. The standard InChI is InChI=1S/C18H17Cl2N3O4/c1-2-7-27-13-5-3-12(4-6-13)22-17(25)18(26)23-21-10-11-8-14(19)16(24)15(20)9-11/h3-6,8-10,24H,2,7H2,1H3,(H,22,25)(H,23,26)/b21-10+. The zero-order valence-electron chi connectivity index (χ0n) is 14.3. The van der Waals surface area contributed by atoms with Crippen LogP contribution in [0.15, 0.2) is 41.5 Å². The number of halogens is 2. The molecule has 3 N–H and O–H groups in total. The Morgan fingerprint density at radius 3 is 2.37 bits per heavy atom. The SMILES string of the molecule is CCCOc1ccc(NC(=O)C(=O)N/N=C/c2cc(Cl)c(O)c(Cl)c2)cc1. The second kappa shape index (κ2) is 9.80. The van der Waals surface area contributed by atoms with Crippen molar-refractivity contribution in [1.82, 2.24) is 5.43 Å². The predicted molar refractivity (Wildman–Crippen MR) is 105 cm³/mol. The van der Waals surface area contributed by atoms with Gasteiger partial charge in [0.05, 0.1) is 22.9 Å². The number of nitrogens with zero attached hydrogens (tertiary/aromatic N) is 1. The van der Waals surface area contributed by atoms with Crippen molar-refractivity contribution in [2.75, 3.05) is 11.9 Å². The minimum Gasteiger partial charge on any atom is -0.505 e. The molecule has 7 nitrogen and oxygen atoms in total. The van der Waals surface area contributed by atoms with E-state index in [-0.39, 0.29) is 15.8 Å². The molecule has 2 aromatic carbocycles. The van der Waals surface area contributed by atoms with Crippen molar-refractivity contribution in [2.45, 2.75) is 13.3 Å². The van der Waals surface area contributed by atoms with Crippen molar-refractivity contribution >= 4 is 46.9 Å². The number of phenolic OH excluding ortho intramolecular Hbond substituents is 1. The molecule has 0 aliphatic heterocycles. The molecule has 0 fully saturated rings. The van der Waals surface area contributed by atoms with Crippen LogP contribution in [0.2, 0.25) is 10.0 Å². The number of anilines is 1. The van der Waals surface area contributed by atoms with E-state index in [0.29, 0.717) is 23.6 Å². The van der Waals surface area contributed by atoms with Crippen LogP contribution in [0.4, 0.5) is 5.69 Å². The van der Waals surface area contributed by atoms with Gasteiger partial charge in [-0.15, -0.1) is 0 Å². The zero-order valence-corrected chi connectivity index (χ0v) is 15.8. The molecule has 0 spiro atoms. The number of aromatic hydroxyl groups is 1. The summed E-state index contributed by atoms with van der Waals surface area (Å²) >= 11 is 11.6. The van der Waals surface area contributed by atoms with Crippen LogP contribution in [0.1, 0.15) is 18.9 Å². The van der Waals surface area contributed by atoms with Gasteiger partial charge in [-0.2, -0.15) is 5.10 Å². The van der Waals surface area contributed by atoms with Gasteiger partial charge in [0.1, 0.15) is 5.75 Å². The normalized spacial score (nSPS) is 10.6. The molecule has 0 unspecified atom stereocenters. The third-order valence-electron chi connectivity index (χ3n) is 3.21. The van der Waals surface area contributed by atoms with E-state index in [4.69, 9.17) is 27.9 Å². The first kappa shape index (κ1) is 20.5. The van der Waals surface area contributed by atoms with Gasteiger partial charge in [0, 0.05) is 5.69 Å². The van der Waals surface area contributed by atoms with Crippen LogP contribution in [0.5, 0.6) is 11.5 Å². The van der Waals surface area contributed by atoms with Crippen molar-refractivity contribution < 1.29 is 19.4 Å². The summed E-state index contributed by atoms with van der Waals surface area (Å²) in [6, 6.07) is 9.44. The molecule has 0 aliphatic carbocycles. The number of amides is 2. The third kappa shape index (κ3) is 6.16. The summed E-state index contributed by atoms with van der Waals surface area (Å²) in [6.45, 7) is 2.60. The van der Waals surface area contributed by atoms with Crippen molar-refractivity contribution in [3.8, 4) is 11.5 Å². The first-order valence-electron chi connectivity index (χ1n) is 7.96. The third-order valence-corrected chi connectivity index (χ3v) is 3.79. The summed E-state index contributed by atoms with van der Waals surface area (Å²) in [5.74, 6) is -1.40. The molecule has 0 heterocycles. The predicted octanol–water partition coefficient (Wildman–Crippen LogP) is 3.58. The van der Waals surface area contributed by atoms with E-state index in [1.807, 2.05) is 6.92 Å². The molecule has 142 valence electrons. The average molecular weight is 410 g/mol. The highest BCUT2D eigenvalue weighted by molar-refractivity contribution is 6.39. The Hall–Kier alpha value is -2.77. The zero-order chi connectivity index (χ0) is 19.8. The summed E-state index contributed by atoms with van der Waals surface area (Å²) in [7, 11) is 0. The van der Waals surface area contributed by atoms with Gasteiger partial charge >= 0.3 is 11.8 Å². The van der Waals surface area contributed by atoms with E-state index in [2.05, 4.69) is 15.8 Å². The topological polar surface area (TPSA) is 100 Å². The fraction of sp³-hybridized carbons (Fsp3) is 0.167. The molecular weight excluding hydrogens is 393 g/mol. The Labute approximate surface area is 165 Å². The minimum absolute atomic E-state index is 0.0411. The lowest BCUT2D eigenvalue weighted by Gasteiger charge is -2.07. The number of ether oxygens (including phenoxy) is 1. The maximum atomic E-state index is 11.9. The molecule has 2 amide bonds. The summed E-state index contributed by atoms with van der Waals surface area (Å²) in [4.78, 5) is 23.6. The molecule has 0 aromatic heterocycles. The number of nitrogens with one attached hydrogen (secondary N) is 2. The van der Waals surface area contributed by atoms with Crippen molar-refractivity contribution in [3.63, 3.8) is 0 Å². The Kier molecular flexibility index (Phi) is 7.45. The van der Waals surface area contributed by atoms with Crippen LogP contribution in [0.3, 0.4) is 0 Å². The molecular formula is C18H17Cl2N3O4. The van der Waals surface area contributed by atoms with E-state index in [1.54, 1.807) is 24.3 Å². The van der Waals surface area contributed by atoms with Gasteiger partial charge in [0.2, 0.25) is 0 Å². The van der Waals surface area contributed by atoms with Crippen LogP contribution >= 0.6 is 23.2 Å². The maximum absolute atomic E-state index is 11.9. The summed E-state index contributed by atoms with van der Waals surface area (Å²) in [6.07, 6.45) is 2.13. The second-order valence-electron chi connectivity index (χ2n) is 5.36. The van der Waals surface area contributed by atoms with E-state index in [0.717, 1.165) is 6.42 Å². The Bertz CT molecular complexity index is 831. The average Bonchev–Trinajstić information content (AvgIpc) is 2.65. The number of hydrazone groups is 1. The molecule has 2 aromatic rings. The van der Waals surface area contributed by atoms with Gasteiger partial charge in [-0.3, -0.25) is 9.59 Å². The highest BCUT2D eigenvalue weighted by Crippen LogP contribution is 2.32. The van der Waals surface area contributed by atoms with Crippen molar-refractivity contribution in [1.29, 1.82) is 0 Å². The molecule has 0 saturated heterocycles. The summed E-state index contributed by atoms with van der Waals surface area (Å²) < 4.78 is 5.44. The minimum atomic E-state index is -0.950. The lowest BCUT2D eigenvalue weighted by atomic mass is 10.2. The number of rotatable bonds is 6. The van der Waals surface area contributed by atoms with Crippen LogP contribution in [-0.4, -0.2) is 29.7 Å². The van der Waals surface area contributed by atoms with Crippen molar-refractivity contribution in [3.05, 3.63) is 52.0 Å². The molecule has 0 saturated carbocycles. The smallest absolute Gasteiger partial charge is 0.329 e. The lowest BCUT2D eigenvalue weighted by Crippen LogP contribution is -2.32. The first-order valence-corrected chi connectivity index (χ1v) is 8.71. The maximum Gasteiger partial charge on any atom is 0.329 e. The van der Waals surface area contributed by atoms with E-state index in [9.17, 15) is 14.7 Å². The fourth-order valence-electron chi connectivity index (χ4n) is 1.92. The molecule has 2 rings (SSSR count). The number of hydrogen-bond donors (Lipinski definition) is 3. The monoisotopic (exact) mass is 409 g/mol. The Balaban J connectivity index is 1.89. The number of carbonyl (C=O) groups excluding carboxylic acids is 2. The molecule has 9 heteroatoms. The molecule has 27 heavy (non-hydrogen) atoms. The van der Waals surface area contributed by atoms with Gasteiger partial charge < -0.3 is 15.2 Å². The lowest BCUT2D eigenvalue weighted by molar-refractivity contribution is -0.136. The number of hydrogen-bond acceptors (Lipinski definition) is 5. The number of benzene rings is 2. The molecule has 0 bridgehead atoms. The van der Waals surface area contributed by atoms with Gasteiger partial charge in [-0.05, 0) is 48.4 Å². The molecule has 0 aliphatic rings. The van der Waals surface area contributed by atoms with Crippen LogP contribution in [0.25, 0.3) is 0 Å². The van der Waals surface area contributed by atoms with E-state index < -0.39 is 11.8 Å². The van der Waals surface area contributed by atoms with Gasteiger partial charge in [-0.1, -0.05) is 30.1 Å². The molecule has 0 radical (unpaired) electrons. The van der Waals surface area contributed by atoms with E-state index >= 15 is 0 Å². The second-order valence-corrected chi connectivity index (χ2v) is 6.17. The van der Waals surface area contributed by atoms with Gasteiger partial charge in [0.25, 0.3) is 0 Å². The van der Waals surface area contributed by atoms with Crippen molar-refractivity contribution in [2.24, 2.45) is 5.10 Å². The summed E-state index contributed by atoms with van der Waals surface area (Å²) in [5, 5.41) is 15.7.